The predicted octanol–water partition coefficient (Wildman–Crippen LogP) is 4.28. The average molecular weight is 280 g/mol. The van der Waals surface area contributed by atoms with Crippen molar-refractivity contribution < 1.29 is 9.50 Å². The molecular weight excluding hydrogens is 263 g/mol. The van der Waals surface area contributed by atoms with Gasteiger partial charge in [0.15, 0.2) is 5.13 Å². The fraction of sp³-hybridized carbons (Fsp3) is 0.357. The molecule has 5 heteroatoms. The molecule has 0 fully saturated rings. The van der Waals surface area contributed by atoms with E-state index < -0.39 is 0 Å². The van der Waals surface area contributed by atoms with Crippen LogP contribution in [-0.4, -0.2) is 10.1 Å². The van der Waals surface area contributed by atoms with Gasteiger partial charge in [-0.3, -0.25) is 0 Å². The molecule has 2 aromatic rings. The minimum absolute atomic E-state index is 0.0585. The summed E-state index contributed by atoms with van der Waals surface area (Å²) in [6, 6.07) is 6.44. The van der Waals surface area contributed by atoms with Crippen molar-refractivity contribution in [3.8, 4) is 5.88 Å². The second kappa shape index (κ2) is 5.57. The van der Waals surface area contributed by atoms with Crippen LogP contribution in [-0.2, 0) is 0 Å². The fourth-order valence-electron chi connectivity index (χ4n) is 1.85. The molecule has 1 atom stereocenters. The Bertz CT molecular complexity index is 568. The Labute approximate surface area is 116 Å². The Kier molecular flexibility index (Phi) is 4.04. The van der Waals surface area contributed by atoms with Gasteiger partial charge < -0.3 is 10.4 Å². The molecule has 0 aliphatic rings. The van der Waals surface area contributed by atoms with Crippen LogP contribution in [0.4, 0.5) is 9.52 Å². The monoisotopic (exact) mass is 280 g/mol. The number of halogens is 1. The van der Waals surface area contributed by atoms with Crippen LogP contribution in [0.5, 0.6) is 5.88 Å². The number of thiazole rings is 1. The van der Waals surface area contributed by atoms with Crippen LogP contribution in [0.15, 0.2) is 24.3 Å². The summed E-state index contributed by atoms with van der Waals surface area (Å²) in [7, 11) is 0. The lowest BCUT2D eigenvalue weighted by molar-refractivity contribution is 0.449. The third kappa shape index (κ3) is 3.04. The quantitative estimate of drug-likeness (QED) is 0.878. The molecule has 2 N–H and O–H groups in total. The van der Waals surface area contributed by atoms with Crippen molar-refractivity contribution in [1.29, 1.82) is 0 Å². The molecule has 1 heterocycles. The number of nitrogens with one attached hydrogen (secondary N) is 1. The predicted molar refractivity (Wildman–Crippen MR) is 76.3 cm³/mol. The molecule has 0 amide bonds. The number of anilines is 1. The molecule has 3 nitrogen and oxygen atoms in total. The summed E-state index contributed by atoms with van der Waals surface area (Å²) in [5, 5.41) is 13.5. The Hall–Kier alpha value is -1.62. The van der Waals surface area contributed by atoms with Crippen molar-refractivity contribution in [1.82, 2.24) is 4.98 Å². The number of rotatable bonds is 4. The van der Waals surface area contributed by atoms with Gasteiger partial charge in [-0.05, 0) is 18.9 Å². The van der Waals surface area contributed by atoms with Gasteiger partial charge in [0.25, 0.3) is 0 Å². The van der Waals surface area contributed by atoms with Crippen molar-refractivity contribution in [2.45, 2.75) is 32.7 Å². The van der Waals surface area contributed by atoms with Gasteiger partial charge in [0.1, 0.15) is 5.82 Å². The van der Waals surface area contributed by atoms with Crippen molar-refractivity contribution in [2.24, 2.45) is 0 Å². The number of hydrogen-bond donors (Lipinski definition) is 2. The molecule has 1 aromatic carbocycles. The molecule has 0 unspecified atom stereocenters. The van der Waals surface area contributed by atoms with Crippen molar-refractivity contribution >= 4 is 16.5 Å². The second-order valence-corrected chi connectivity index (χ2v) is 5.78. The van der Waals surface area contributed by atoms with E-state index in [9.17, 15) is 9.50 Å². The fourth-order valence-corrected chi connectivity index (χ4v) is 2.80. The second-order valence-electron chi connectivity index (χ2n) is 4.75. The molecule has 1 aromatic heterocycles. The van der Waals surface area contributed by atoms with Gasteiger partial charge in [-0.25, -0.2) is 4.39 Å². The highest BCUT2D eigenvalue weighted by molar-refractivity contribution is 7.16. The standard InChI is InChI=1S/C14H17FN2OS/c1-8(2)12-13(18)17-14(19-12)16-9(3)10-6-4-5-7-11(10)15/h4-9,18H,1-3H3,(H,16,17)/t9-/m1/s1. The Morgan fingerprint density at radius 1 is 1.26 bits per heavy atom. The highest BCUT2D eigenvalue weighted by Crippen LogP contribution is 2.35. The zero-order valence-corrected chi connectivity index (χ0v) is 12.0. The maximum atomic E-state index is 13.6. The molecule has 0 spiro atoms. The van der Waals surface area contributed by atoms with Gasteiger partial charge in [0.05, 0.1) is 10.9 Å². The van der Waals surface area contributed by atoms with Gasteiger partial charge in [0.2, 0.25) is 5.88 Å². The third-order valence-corrected chi connectivity index (χ3v) is 4.15. The third-order valence-electron chi connectivity index (χ3n) is 2.87. The lowest BCUT2D eigenvalue weighted by atomic mass is 10.1. The van der Waals surface area contributed by atoms with E-state index in [2.05, 4.69) is 10.3 Å². The molecule has 0 bridgehead atoms. The maximum Gasteiger partial charge on any atom is 0.227 e. The molecule has 0 aliphatic heterocycles. The van der Waals surface area contributed by atoms with Gasteiger partial charge in [0, 0.05) is 5.56 Å². The van der Waals surface area contributed by atoms with Crippen molar-refractivity contribution in [2.75, 3.05) is 5.32 Å². The smallest absolute Gasteiger partial charge is 0.227 e. The Morgan fingerprint density at radius 2 is 1.95 bits per heavy atom. The van der Waals surface area contributed by atoms with Crippen LogP contribution in [0.25, 0.3) is 0 Å². The molecule has 19 heavy (non-hydrogen) atoms. The Morgan fingerprint density at radius 3 is 2.53 bits per heavy atom. The van der Waals surface area contributed by atoms with Crippen LogP contribution in [0.2, 0.25) is 0 Å². The summed E-state index contributed by atoms with van der Waals surface area (Å²) in [5.41, 5.74) is 0.586. The first-order valence-corrected chi connectivity index (χ1v) is 7.01. The first kappa shape index (κ1) is 13.8. The van der Waals surface area contributed by atoms with E-state index >= 15 is 0 Å². The van der Waals surface area contributed by atoms with E-state index in [1.54, 1.807) is 18.2 Å². The minimum atomic E-state index is -0.243. The number of aromatic hydroxyl groups is 1. The normalized spacial score (nSPS) is 12.7. The number of hydrogen-bond acceptors (Lipinski definition) is 4. The highest BCUT2D eigenvalue weighted by Gasteiger charge is 2.16. The summed E-state index contributed by atoms with van der Waals surface area (Å²) in [6.07, 6.45) is 0. The molecule has 0 aliphatic carbocycles. The van der Waals surface area contributed by atoms with Crippen molar-refractivity contribution in [3.63, 3.8) is 0 Å². The van der Waals surface area contributed by atoms with Gasteiger partial charge >= 0.3 is 0 Å². The summed E-state index contributed by atoms with van der Waals surface area (Å²) in [4.78, 5) is 4.90. The summed E-state index contributed by atoms with van der Waals surface area (Å²) >= 11 is 1.40. The molecular formula is C14H17FN2OS. The minimum Gasteiger partial charge on any atom is -0.492 e. The van der Waals surface area contributed by atoms with Crippen LogP contribution in [0.3, 0.4) is 0 Å². The zero-order chi connectivity index (χ0) is 14.0. The van der Waals surface area contributed by atoms with Crippen LogP contribution in [0, 0.1) is 5.82 Å². The van der Waals surface area contributed by atoms with E-state index in [0.717, 1.165) is 4.88 Å². The first-order chi connectivity index (χ1) is 8.99. The summed E-state index contributed by atoms with van der Waals surface area (Å²) in [5.74, 6) is 0.0346. The number of benzene rings is 1. The highest BCUT2D eigenvalue weighted by atomic mass is 32.1. The van der Waals surface area contributed by atoms with E-state index in [-0.39, 0.29) is 23.7 Å². The maximum absolute atomic E-state index is 13.6. The molecule has 0 saturated heterocycles. The van der Waals surface area contributed by atoms with E-state index in [1.807, 2.05) is 20.8 Å². The van der Waals surface area contributed by atoms with Crippen LogP contribution < -0.4 is 5.32 Å². The lowest BCUT2D eigenvalue weighted by Gasteiger charge is -2.13. The van der Waals surface area contributed by atoms with Gasteiger partial charge in [-0.2, -0.15) is 4.98 Å². The van der Waals surface area contributed by atoms with Crippen LogP contribution in [0.1, 0.15) is 43.2 Å². The topological polar surface area (TPSA) is 45.2 Å². The molecule has 2 rings (SSSR count). The largest absolute Gasteiger partial charge is 0.492 e. The zero-order valence-electron chi connectivity index (χ0n) is 11.1. The first-order valence-electron chi connectivity index (χ1n) is 6.19. The summed E-state index contributed by atoms with van der Waals surface area (Å²) in [6.45, 7) is 5.86. The van der Waals surface area contributed by atoms with Gasteiger partial charge in [-0.1, -0.05) is 43.4 Å². The Balaban J connectivity index is 2.17. The average Bonchev–Trinajstić information content (AvgIpc) is 2.70. The van der Waals surface area contributed by atoms with E-state index in [0.29, 0.717) is 10.7 Å². The van der Waals surface area contributed by atoms with E-state index in [4.69, 9.17) is 0 Å². The van der Waals surface area contributed by atoms with Crippen molar-refractivity contribution in [3.05, 3.63) is 40.5 Å². The van der Waals surface area contributed by atoms with E-state index in [1.165, 1.54) is 17.4 Å². The SMILES string of the molecule is CC(C)c1sc(N[C@H](C)c2ccccc2F)nc1O. The lowest BCUT2D eigenvalue weighted by Crippen LogP contribution is -2.08. The summed E-state index contributed by atoms with van der Waals surface area (Å²) < 4.78 is 13.6. The molecule has 0 radical (unpaired) electrons. The molecule has 102 valence electrons. The van der Waals surface area contributed by atoms with Gasteiger partial charge in [-0.15, -0.1) is 0 Å². The number of nitrogens with zero attached hydrogens (tertiary/aromatic N) is 1. The number of aromatic nitrogens is 1. The molecule has 0 saturated carbocycles. The van der Waals surface area contributed by atoms with Crippen LogP contribution >= 0.6 is 11.3 Å².